The van der Waals surface area contributed by atoms with Gasteiger partial charge in [-0.3, -0.25) is 10.2 Å². The molecule has 1 saturated heterocycles. The van der Waals surface area contributed by atoms with Crippen molar-refractivity contribution in [2.24, 2.45) is 23.6 Å². The van der Waals surface area contributed by atoms with Gasteiger partial charge in [0, 0.05) is 29.7 Å². The third-order valence-electron chi connectivity index (χ3n) is 7.16. The molecule has 1 unspecified atom stereocenters. The second-order valence-electron chi connectivity index (χ2n) is 8.39. The van der Waals surface area contributed by atoms with Crippen LogP contribution in [0.25, 0.3) is 10.9 Å². The highest BCUT2D eigenvalue weighted by molar-refractivity contribution is 5.85. The SMILES string of the molecule is NNC(=O)[C@@H]1C[C@@H]2C[C@@H]3c4[nH]c5ccccc5c4CC[NH+]3C[C@@H]2C[C@H]1O. The van der Waals surface area contributed by atoms with E-state index in [0.717, 1.165) is 38.8 Å². The number of hydrazine groups is 1. The van der Waals surface area contributed by atoms with Gasteiger partial charge in [0.2, 0.25) is 5.91 Å². The van der Waals surface area contributed by atoms with Crippen molar-refractivity contribution in [1.29, 1.82) is 0 Å². The van der Waals surface area contributed by atoms with E-state index in [0.29, 0.717) is 17.9 Å². The number of rotatable bonds is 1. The number of nitrogens with two attached hydrogens (primary N) is 1. The van der Waals surface area contributed by atoms with Gasteiger partial charge in [-0.15, -0.1) is 0 Å². The molecule has 1 aliphatic carbocycles. The number of carbonyl (C=O) groups excluding carboxylic acids is 1. The van der Waals surface area contributed by atoms with Crippen molar-refractivity contribution < 1.29 is 14.8 Å². The molecule has 2 aliphatic heterocycles. The number of benzene rings is 1. The van der Waals surface area contributed by atoms with Crippen LogP contribution < -0.4 is 16.2 Å². The minimum absolute atomic E-state index is 0.222. The van der Waals surface area contributed by atoms with Crippen LogP contribution in [0.1, 0.15) is 36.6 Å². The van der Waals surface area contributed by atoms with E-state index in [-0.39, 0.29) is 11.8 Å². The standard InChI is InChI=1S/C20H26N4O2/c21-23-20(26)15-7-11-8-17-19-14(13-3-1-2-4-16(13)22-19)5-6-24(17)10-12(11)9-18(15)25/h1-4,11-12,15,17-18,22,25H,5-10,21H2,(H,23,26)/p+1/t11-,12+,15-,17-,18-/m1/s1. The van der Waals surface area contributed by atoms with Crippen LogP contribution in [0, 0.1) is 17.8 Å². The molecular formula is C20H27N4O2+. The molecule has 6 nitrogen and oxygen atoms in total. The maximum atomic E-state index is 12.0. The van der Waals surface area contributed by atoms with Crippen molar-refractivity contribution >= 4 is 16.8 Å². The summed E-state index contributed by atoms with van der Waals surface area (Å²) in [4.78, 5) is 17.4. The topological polar surface area (TPSA) is 95.6 Å². The van der Waals surface area contributed by atoms with Gasteiger partial charge in [0.1, 0.15) is 6.04 Å². The molecule has 26 heavy (non-hydrogen) atoms. The summed E-state index contributed by atoms with van der Waals surface area (Å²) in [7, 11) is 0. The minimum Gasteiger partial charge on any atom is -0.392 e. The molecule has 6 heteroatoms. The van der Waals surface area contributed by atoms with Crippen LogP contribution >= 0.6 is 0 Å². The van der Waals surface area contributed by atoms with Gasteiger partial charge in [-0.1, -0.05) is 18.2 Å². The number of nitrogens with one attached hydrogen (secondary N) is 3. The number of quaternary nitrogens is 1. The Labute approximate surface area is 152 Å². The lowest BCUT2D eigenvalue weighted by Gasteiger charge is -2.47. The Morgan fingerprint density at radius 3 is 2.92 bits per heavy atom. The Hall–Kier alpha value is -1.89. The van der Waals surface area contributed by atoms with Crippen molar-refractivity contribution in [1.82, 2.24) is 10.4 Å². The number of aliphatic hydroxyl groups is 1. The van der Waals surface area contributed by atoms with Gasteiger partial charge < -0.3 is 15.0 Å². The third-order valence-corrected chi connectivity index (χ3v) is 7.16. The number of hydrogen-bond acceptors (Lipinski definition) is 3. The van der Waals surface area contributed by atoms with Crippen LogP contribution in [-0.2, 0) is 11.2 Å². The highest BCUT2D eigenvalue weighted by atomic mass is 16.3. The van der Waals surface area contributed by atoms with Gasteiger partial charge in [-0.25, -0.2) is 5.84 Å². The van der Waals surface area contributed by atoms with Crippen molar-refractivity contribution in [2.45, 2.75) is 37.8 Å². The molecule has 3 aliphatic rings. The fourth-order valence-corrected chi connectivity index (χ4v) is 5.89. The van der Waals surface area contributed by atoms with Crippen LogP contribution in [0.5, 0.6) is 0 Å². The van der Waals surface area contributed by atoms with E-state index in [1.807, 2.05) is 0 Å². The number of carbonyl (C=O) groups is 1. The molecule has 5 rings (SSSR count). The zero-order valence-corrected chi connectivity index (χ0v) is 14.9. The second kappa shape index (κ2) is 6.08. The van der Waals surface area contributed by atoms with Crippen molar-refractivity contribution in [3.63, 3.8) is 0 Å². The first-order chi connectivity index (χ1) is 12.7. The summed E-state index contributed by atoms with van der Waals surface area (Å²) < 4.78 is 0. The first-order valence-electron chi connectivity index (χ1n) is 9.78. The van der Waals surface area contributed by atoms with E-state index in [2.05, 4.69) is 34.7 Å². The molecule has 0 spiro atoms. The summed E-state index contributed by atoms with van der Waals surface area (Å²) in [6.07, 6.45) is 3.10. The van der Waals surface area contributed by atoms with E-state index in [1.54, 1.807) is 4.90 Å². The summed E-state index contributed by atoms with van der Waals surface area (Å²) in [5.74, 6) is 5.72. The summed E-state index contributed by atoms with van der Waals surface area (Å²) in [5.41, 5.74) is 6.36. The van der Waals surface area contributed by atoms with E-state index in [1.165, 1.54) is 22.2 Å². The molecule has 3 heterocycles. The molecule has 138 valence electrons. The second-order valence-corrected chi connectivity index (χ2v) is 8.39. The maximum Gasteiger partial charge on any atom is 0.239 e. The van der Waals surface area contributed by atoms with E-state index < -0.39 is 6.10 Å². The highest BCUT2D eigenvalue weighted by Crippen LogP contribution is 2.42. The zero-order valence-electron chi connectivity index (χ0n) is 14.9. The number of piperidine rings is 1. The number of H-pyrrole nitrogens is 1. The number of amides is 1. The van der Waals surface area contributed by atoms with Crippen molar-refractivity contribution in [2.75, 3.05) is 13.1 Å². The van der Waals surface area contributed by atoms with E-state index >= 15 is 0 Å². The average Bonchev–Trinajstić information content (AvgIpc) is 3.04. The molecule has 6 N–H and O–H groups in total. The molecule has 0 bridgehead atoms. The highest BCUT2D eigenvalue weighted by Gasteiger charge is 2.48. The van der Waals surface area contributed by atoms with Crippen molar-refractivity contribution in [3.05, 3.63) is 35.5 Å². The fourth-order valence-electron chi connectivity index (χ4n) is 5.89. The van der Waals surface area contributed by atoms with Crippen LogP contribution in [-0.4, -0.2) is 35.2 Å². The molecule has 1 aromatic carbocycles. The van der Waals surface area contributed by atoms with Gasteiger partial charge in [-0.2, -0.15) is 0 Å². The first kappa shape index (κ1) is 16.3. The maximum absolute atomic E-state index is 12.0. The molecule has 0 radical (unpaired) electrons. The Balaban J connectivity index is 1.45. The molecular weight excluding hydrogens is 328 g/mol. The Bertz CT molecular complexity index is 847. The van der Waals surface area contributed by atoms with Gasteiger partial charge >= 0.3 is 0 Å². The summed E-state index contributed by atoms with van der Waals surface area (Å²) >= 11 is 0. The molecule has 1 aromatic heterocycles. The predicted octanol–water partition coefficient (Wildman–Crippen LogP) is 0.0469. The number of aliphatic hydroxyl groups excluding tert-OH is 1. The Morgan fingerprint density at radius 2 is 2.08 bits per heavy atom. The number of aromatic amines is 1. The number of fused-ring (bicyclic) bond motifs is 6. The number of para-hydroxylation sites is 1. The van der Waals surface area contributed by atoms with Crippen LogP contribution in [0.3, 0.4) is 0 Å². The van der Waals surface area contributed by atoms with Crippen LogP contribution in [0.2, 0.25) is 0 Å². The summed E-state index contributed by atoms with van der Waals surface area (Å²) in [6, 6.07) is 9.07. The lowest BCUT2D eigenvalue weighted by atomic mass is 9.66. The van der Waals surface area contributed by atoms with Gasteiger partial charge in [-0.05, 0) is 30.4 Å². The Kier molecular flexibility index (Phi) is 3.81. The third kappa shape index (κ3) is 2.40. The smallest absolute Gasteiger partial charge is 0.239 e. The normalized spacial score (nSPS) is 36.1. The lowest BCUT2D eigenvalue weighted by molar-refractivity contribution is -0.945. The van der Waals surface area contributed by atoms with Gasteiger partial charge in [0.05, 0.1) is 30.8 Å². The van der Waals surface area contributed by atoms with Crippen LogP contribution in [0.15, 0.2) is 24.3 Å². The Morgan fingerprint density at radius 1 is 1.23 bits per heavy atom. The summed E-state index contributed by atoms with van der Waals surface area (Å²) in [6.45, 7) is 2.25. The lowest BCUT2D eigenvalue weighted by Crippen LogP contribution is -3.15. The average molecular weight is 355 g/mol. The number of hydrogen-bond donors (Lipinski definition) is 5. The number of aromatic nitrogens is 1. The molecule has 6 atom stereocenters. The molecule has 2 aromatic rings. The predicted molar refractivity (Wildman–Crippen MR) is 98.1 cm³/mol. The molecule has 1 saturated carbocycles. The van der Waals surface area contributed by atoms with Crippen LogP contribution in [0.4, 0.5) is 0 Å². The minimum atomic E-state index is -0.566. The van der Waals surface area contributed by atoms with E-state index in [4.69, 9.17) is 5.84 Å². The quantitative estimate of drug-likeness (QED) is 0.284. The fraction of sp³-hybridized carbons (Fsp3) is 0.550. The van der Waals surface area contributed by atoms with Gasteiger partial charge in [0.15, 0.2) is 0 Å². The summed E-state index contributed by atoms with van der Waals surface area (Å²) in [5, 5.41) is 11.8. The first-order valence-corrected chi connectivity index (χ1v) is 9.78. The largest absolute Gasteiger partial charge is 0.392 e. The molecule has 1 amide bonds. The van der Waals surface area contributed by atoms with E-state index in [9.17, 15) is 9.90 Å². The monoisotopic (exact) mass is 355 g/mol. The van der Waals surface area contributed by atoms with Gasteiger partial charge in [0.25, 0.3) is 0 Å². The van der Waals surface area contributed by atoms with Crippen molar-refractivity contribution in [3.8, 4) is 0 Å². The molecule has 2 fully saturated rings. The zero-order chi connectivity index (χ0) is 17.8.